The van der Waals surface area contributed by atoms with Gasteiger partial charge >= 0.3 is 0 Å². The maximum atomic E-state index is 11.5. The Bertz CT molecular complexity index is 214. The first-order valence-electron chi connectivity index (χ1n) is 6.08. The first-order valence-corrected chi connectivity index (χ1v) is 6.08. The minimum atomic E-state index is 0.261. The van der Waals surface area contributed by atoms with E-state index in [0.717, 1.165) is 32.6 Å². The number of nitrogens with one attached hydrogen (secondary N) is 2. The van der Waals surface area contributed by atoms with Crippen LogP contribution in [0.25, 0.3) is 0 Å². The van der Waals surface area contributed by atoms with E-state index in [1.807, 2.05) is 4.90 Å². The van der Waals surface area contributed by atoms with Gasteiger partial charge < -0.3 is 15.5 Å². The Morgan fingerprint density at radius 3 is 3.00 bits per heavy atom. The second-order valence-corrected chi connectivity index (χ2v) is 4.49. The molecule has 0 spiro atoms. The van der Waals surface area contributed by atoms with Crippen molar-refractivity contribution in [1.29, 1.82) is 0 Å². The Hall–Kier alpha value is -0.610. The molecule has 2 aliphatic rings. The summed E-state index contributed by atoms with van der Waals surface area (Å²) >= 11 is 0. The summed E-state index contributed by atoms with van der Waals surface area (Å²) in [7, 11) is 0. The maximum absolute atomic E-state index is 11.5. The molecule has 1 atom stereocenters. The zero-order valence-corrected chi connectivity index (χ0v) is 9.30. The Labute approximate surface area is 91.4 Å². The van der Waals surface area contributed by atoms with Crippen molar-refractivity contribution in [3.05, 3.63) is 0 Å². The number of carbonyl (C=O) groups is 1. The van der Waals surface area contributed by atoms with Crippen LogP contribution in [-0.2, 0) is 4.79 Å². The highest BCUT2D eigenvalue weighted by Crippen LogP contribution is 2.10. The lowest BCUT2D eigenvalue weighted by molar-refractivity contribution is -0.132. The van der Waals surface area contributed by atoms with Gasteiger partial charge in [0.05, 0.1) is 6.54 Å². The molecule has 0 aromatic carbocycles. The van der Waals surface area contributed by atoms with Crippen molar-refractivity contribution < 1.29 is 4.79 Å². The molecule has 15 heavy (non-hydrogen) atoms. The standard InChI is InChI=1S/C11H21N3O/c15-11-9-12-6-8-14(11)7-4-10-3-1-2-5-13-10/h10,12-13H,1-9H2. The molecule has 86 valence electrons. The highest BCUT2D eigenvalue weighted by molar-refractivity contribution is 5.78. The molecule has 0 aromatic rings. The van der Waals surface area contributed by atoms with Crippen molar-refractivity contribution in [3.63, 3.8) is 0 Å². The average Bonchev–Trinajstić information content (AvgIpc) is 2.29. The Kier molecular flexibility index (Phi) is 3.97. The van der Waals surface area contributed by atoms with Crippen LogP contribution >= 0.6 is 0 Å². The molecule has 4 nitrogen and oxygen atoms in total. The monoisotopic (exact) mass is 211 g/mol. The number of hydrogen-bond donors (Lipinski definition) is 2. The molecule has 0 bridgehead atoms. The molecule has 2 rings (SSSR count). The van der Waals surface area contributed by atoms with E-state index in [1.165, 1.54) is 19.3 Å². The Morgan fingerprint density at radius 1 is 1.33 bits per heavy atom. The SMILES string of the molecule is O=C1CNCCN1CCC1CCCCN1. The number of rotatable bonds is 3. The normalized spacial score (nSPS) is 28.1. The number of nitrogens with zero attached hydrogens (tertiary/aromatic N) is 1. The summed E-state index contributed by atoms with van der Waals surface area (Å²) in [5.74, 6) is 0.261. The fourth-order valence-electron chi connectivity index (χ4n) is 2.36. The molecule has 0 aliphatic carbocycles. The van der Waals surface area contributed by atoms with Crippen molar-refractivity contribution in [2.75, 3.05) is 32.7 Å². The molecule has 1 amide bonds. The summed E-state index contributed by atoms with van der Waals surface area (Å²) in [6.07, 6.45) is 5.04. The van der Waals surface area contributed by atoms with Crippen molar-refractivity contribution >= 4 is 5.91 Å². The third-order valence-corrected chi connectivity index (χ3v) is 3.35. The topological polar surface area (TPSA) is 44.4 Å². The van der Waals surface area contributed by atoms with E-state index in [2.05, 4.69) is 10.6 Å². The molecule has 0 radical (unpaired) electrons. The van der Waals surface area contributed by atoms with E-state index in [1.54, 1.807) is 0 Å². The highest BCUT2D eigenvalue weighted by atomic mass is 16.2. The highest BCUT2D eigenvalue weighted by Gasteiger charge is 2.19. The van der Waals surface area contributed by atoms with E-state index in [-0.39, 0.29) is 5.91 Å². The van der Waals surface area contributed by atoms with Crippen LogP contribution in [0.2, 0.25) is 0 Å². The van der Waals surface area contributed by atoms with Crippen molar-refractivity contribution in [1.82, 2.24) is 15.5 Å². The zero-order chi connectivity index (χ0) is 10.5. The first kappa shape index (κ1) is 10.9. The Balaban J connectivity index is 1.69. The van der Waals surface area contributed by atoms with Gasteiger partial charge in [-0.3, -0.25) is 4.79 Å². The van der Waals surface area contributed by atoms with Gasteiger partial charge in [-0.2, -0.15) is 0 Å². The molecule has 2 aliphatic heterocycles. The molecule has 2 fully saturated rings. The van der Waals surface area contributed by atoms with Crippen LogP contribution in [0.3, 0.4) is 0 Å². The van der Waals surface area contributed by atoms with Gasteiger partial charge in [-0.1, -0.05) is 6.42 Å². The molecule has 2 N–H and O–H groups in total. The Morgan fingerprint density at radius 2 is 2.27 bits per heavy atom. The molecular weight excluding hydrogens is 190 g/mol. The lowest BCUT2D eigenvalue weighted by atomic mass is 10.0. The molecule has 4 heteroatoms. The molecule has 2 heterocycles. The molecule has 0 saturated carbocycles. The summed E-state index contributed by atoms with van der Waals surface area (Å²) in [6, 6.07) is 0.640. The number of piperidine rings is 1. The van der Waals surface area contributed by atoms with Gasteiger partial charge in [0, 0.05) is 25.7 Å². The summed E-state index contributed by atoms with van der Waals surface area (Å²) in [5.41, 5.74) is 0. The number of hydrogen-bond acceptors (Lipinski definition) is 3. The zero-order valence-electron chi connectivity index (χ0n) is 9.30. The van der Waals surface area contributed by atoms with Crippen LogP contribution in [0.15, 0.2) is 0 Å². The van der Waals surface area contributed by atoms with Gasteiger partial charge in [-0.05, 0) is 25.8 Å². The fraction of sp³-hybridized carbons (Fsp3) is 0.909. The molecular formula is C11H21N3O. The van der Waals surface area contributed by atoms with E-state index < -0.39 is 0 Å². The van der Waals surface area contributed by atoms with Crippen LogP contribution in [0.1, 0.15) is 25.7 Å². The van der Waals surface area contributed by atoms with Gasteiger partial charge in [-0.15, -0.1) is 0 Å². The molecule has 0 aromatic heterocycles. The van der Waals surface area contributed by atoms with Gasteiger partial charge in [0.2, 0.25) is 5.91 Å². The lowest BCUT2D eigenvalue weighted by Gasteiger charge is -2.30. The van der Waals surface area contributed by atoms with Gasteiger partial charge in [-0.25, -0.2) is 0 Å². The lowest BCUT2D eigenvalue weighted by Crippen LogP contribution is -2.49. The third kappa shape index (κ3) is 3.18. The first-order chi connectivity index (χ1) is 7.36. The molecule has 2 saturated heterocycles. The average molecular weight is 211 g/mol. The number of piperazine rings is 1. The van der Waals surface area contributed by atoms with Crippen LogP contribution < -0.4 is 10.6 Å². The van der Waals surface area contributed by atoms with Crippen molar-refractivity contribution in [2.45, 2.75) is 31.7 Å². The predicted molar refractivity (Wildman–Crippen MR) is 59.7 cm³/mol. The minimum absolute atomic E-state index is 0.261. The second-order valence-electron chi connectivity index (χ2n) is 4.49. The number of carbonyl (C=O) groups excluding carboxylic acids is 1. The minimum Gasteiger partial charge on any atom is -0.340 e. The van der Waals surface area contributed by atoms with E-state index >= 15 is 0 Å². The van der Waals surface area contributed by atoms with Gasteiger partial charge in [0.1, 0.15) is 0 Å². The van der Waals surface area contributed by atoms with Crippen molar-refractivity contribution in [3.8, 4) is 0 Å². The van der Waals surface area contributed by atoms with Crippen molar-refractivity contribution in [2.24, 2.45) is 0 Å². The van der Waals surface area contributed by atoms with Crippen LogP contribution in [0.5, 0.6) is 0 Å². The van der Waals surface area contributed by atoms with Crippen LogP contribution in [-0.4, -0.2) is 49.6 Å². The maximum Gasteiger partial charge on any atom is 0.236 e. The van der Waals surface area contributed by atoms with Crippen LogP contribution in [0.4, 0.5) is 0 Å². The third-order valence-electron chi connectivity index (χ3n) is 3.35. The van der Waals surface area contributed by atoms with Crippen LogP contribution in [0, 0.1) is 0 Å². The largest absolute Gasteiger partial charge is 0.340 e. The number of amides is 1. The fourth-order valence-corrected chi connectivity index (χ4v) is 2.36. The quantitative estimate of drug-likeness (QED) is 0.688. The summed E-state index contributed by atoms with van der Waals surface area (Å²) < 4.78 is 0. The summed E-state index contributed by atoms with van der Waals surface area (Å²) in [4.78, 5) is 13.5. The van der Waals surface area contributed by atoms with E-state index in [4.69, 9.17) is 0 Å². The molecule has 1 unspecified atom stereocenters. The van der Waals surface area contributed by atoms with E-state index in [0.29, 0.717) is 12.6 Å². The predicted octanol–water partition coefficient (Wildman–Crippen LogP) is -0.0496. The van der Waals surface area contributed by atoms with Gasteiger partial charge in [0.15, 0.2) is 0 Å². The summed E-state index contributed by atoms with van der Waals surface area (Å²) in [5, 5.41) is 6.62. The second kappa shape index (κ2) is 5.47. The van der Waals surface area contributed by atoms with Gasteiger partial charge in [0.25, 0.3) is 0 Å². The smallest absolute Gasteiger partial charge is 0.236 e. The summed E-state index contributed by atoms with van der Waals surface area (Å²) in [6.45, 7) is 4.44. The van der Waals surface area contributed by atoms with E-state index in [9.17, 15) is 4.79 Å².